The second-order valence-corrected chi connectivity index (χ2v) is 4.80. The van der Waals surface area contributed by atoms with Gasteiger partial charge in [-0.3, -0.25) is 9.48 Å². The molecule has 2 aromatic rings. The predicted molar refractivity (Wildman–Crippen MR) is 79.3 cm³/mol. The molecule has 0 aliphatic carbocycles. The molecule has 20 heavy (non-hydrogen) atoms. The number of nitrogens with zero attached hydrogens (tertiary/aromatic N) is 2. The molecule has 2 rings (SSSR count). The highest BCUT2D eigenvalue weighted by atomic mass is 16.2. The van der Waals surface area contributed by atoms with Gasteiger partial charge < -0.3 is 11.1 Å². The summed E-state index contributed by atoms with van der Waals surface area (Å²) in [4.78, 5) is 11.8. The zero-order chi connectivity index (χ0) is 14.4. The van der Waals surface area contributed by atoms with Crippen LogP contribution in [0.5, 0.6) is 0 Å². The molecule has 0 unspecified atom stereocenters. The van der Waals surface area contributed by atoms with Gasteiger partial charge in [0.2, 0.25) is 5.91 Å². The summed E-state index contributed by atoms with van der Waals surface area (Å²) in [5, 5.41) is 7.02. The van der Waals surface area contributed by atoms with Crippen molar-refractivity contribution in [1.29, 1.82) is 0 Å². The molecular weight excluding hydrogens is 252 g/mol. The summed E-state index contributed by atoms with van der Waals surface area (Å²) in [6.07, 6.45) is 5.02. The van der Waals surface area contributed by atoms with E-state index in [0.717, 1.165) is 12.0 Å². The molecule has 1 aromatic carbocycles. The van der Waals surface area contributed by atoms with E-state index in [1.165, 1.54) is 0 Å². The Kier molecular flexibility index (Phi) is 4.90. The van der Waals surface area contributed by atoms with Gasteiger partial charge in [0.05, 0.1) is 24.5 Å². The third-order valence-corrected chi connectivity index (χ3v) is 3.02. The smallest absolute Gasteiger partial charge is 0.241 e. The van der Waals surface area contributed by atoms with E-state index in [0.29, 0.717) is 18.7 Å². The molecule has 0 saturated heterocycles. The highest BCUT2D eigenvalue weighted by Crippen LogP contribution is 2.09. The second-order valence-electron chi connectivity index (χ2n) is 4.80. The van der Waals surface area contributed by atoms with Gasteiger partial charge in [-0.05, 0) is 12.0 Å². The van der Waals surface area contributed by atoms with Crippen molar-refractivity contribution >= 4 is 11.6 Å². The van der Waals surface area contributed by atoms with E-state index in [1.807, 2.05) is 43.5 Å². The van der Waals surface area contributed by atoms with E-state index < -0.39 is 6.04 Å². The van der Waals surface area contributed by atoms with Crippen molar-refractivity contribution < 1.29 is 4.79 Å². The molecule has 1 atom stereocenters. The molecule has 5 nitrogen and oxygen atoms in total. The summed E-state index contributed by atoms with van der Waals surface area (Å²) in [6.45, 7) is 2.68. The van der Waals surface area contributed by atoms with Crippen molar-refractivity contribution in [3.8, 4) is 0 Å². The number of carbonyl (C=O) groups excluding carboxylic acids is 1. The summed E-state index contributed by atoms with van der Waals surface area (Å²) in [7, 11) is 0. The first-order chi connectivity index (χ1) is 9.69. The van der Waals surface area contributed by atoms with Gasteiger partial charge in [-0.25, -0.2) is 0 Å². The van der Waals surface area contributed by atoms with Crippen LogP contribution in [0.4, 0.5) is 5.69 Å². The van der Waals surface area contributed by atoms with Crippen molar-refractivity contribution in [3.05, 3.63) is 48.3 Å². The fourth-order valence-corrected chi connectivity index (χ4v) is 1.96. The van der Waals surface area contributed by atoms with Crippen LogP contribution in [0.3, 0.4) is 0 Å². The van der Waals surface area contributed by atoms with Crippen LogP contribution in [0.25, 0.3) is 0 Å². The predicted octanol–water partition coefficient (Wildman–Crippen LogP) is 2.00. The van der Waals surface area contributed by atoms with Gasteiger partial charge in [0.1, 0.15) is 0 Å². The Bertz CT molecular complexity index is 550. The molecule has 0 saturated carbocycles. The number of amides is 1. The van der Waals surface area contributed by atoms with Crippen molar-refractivity contribution in [2.24, 2.45) is 5.73 Å². The van der Waals surface area contributed by atoms with E-state index in [1.54, 1.807) is 10.9 Å². The molecule has 1 amide bonds. The van der Waals surface area contributed by atoms with E-state index >= 15 is 0 Å². The van der Waals surface area contributed by atoms with E-state index in [9.17, 15) is 4.79 Å². The number of aromatic nitrogens is 2. The van der Waals surface area contributed by atoms with Crippen molar-refractivity contribution in [3.63, 3.8) is 0 Å². The number of hydrogen-bond donors (Lipinski definition) is 2. The average molecular weight is 272 g/mol. The molecule has 0 spiro atoms. The van der Waals surface area contributed by atoms with Crippen LogP contribution < -0.4 is 11.1 Å². The van der Waals surface area contributed by atoms with Gasteiger partial charge in [0.15, 0.2) is 0 Å². The number of hydrogen-bond acceptors (Lipinski definition) is 3. The first kappa shape index (κ1) is 14.3. The minimum Gasteiger partial charge on any atom is -0.322 e. The van der Waals surface area contributed by atoms with E-state index in [4.69, 9.17) is 5.73 Å². The number of rotatable bonds is 6. The number of carbonyl (C=O) groups is 1. The Morgan fingerprint density at radius 1 is 1.40 bits per heavy atom. The maximum Gasteiger partial charge on any atom is 0.241 e. The Morgan fingerprint density at radius 3 is 2.85 bits per heavy atom. The van der Waals surface area contributed by atoms with Crippen LogP contribution >= 0.6 is 0 Å². The Hall–Kier alpha value is -2.14. The van der Waals surface area contributed by atoms with Gasteiger partial charge in [-0.2, -0.15) is 5.10 Å². The molecule has 3 N–H and O–H groups in total. The maximum absolute atomic E-state index is 11.8. The monoisotopic (exact) mass is 272 g/mol. The molecule has 0 aliphatic rings. The lowest BCUT2D eigenvalue weighted by Gasteiger charge is -2.09. The van der Waals surface area contributed by atoms with Crippen LogP contribution in [0.2, 0.25) is 0 Å². The topological polar surface area (TPSA) is 72.9 Å². The molecule has 5 heteroatoms. The number of nitrogens with one attached hydrogen (secondary N) is 1. The summed E-state index contributed by atoms with van der Waals surface area (Å²) in [5.41, 5.74) is 7.61. The number of benzene rings is 1. The zero-order valence-corrected chi connectivity index (χ0v) is 11.6. The molecule has 1 heterocycles. The highest BCUT2D eigenvalue weighted by molar-refractivity contribution is 5.94. The lowest BCUT2D eigenvalue weighted by atomic mass is 10.2. The summed E-state index contributed by atoms with van der Waals surface area (Å²) < 4.78 is 1.79. The molecule has 0 aliphatic heterocycles. The fourth-order valence-electron chi connectivity index (χ4n) is 1.96. The van der Waals surface area contributed by atoms with Crippen LogP contribution in [-0.2, 0) is 11.3 Å². The summed E-state index contributed by atoms with van der Waals surface area (Å²) in [5.74, 6) is -0.161. The van der Waals surface area contributed by atoms with Gasteiger partial charge in [-0.1, -0.05) is 43.7 Å². The highest BCUT2D eigenvalue weighted by Gasteiger charge is 2.13. The van der Waals surface area contributed by atoms with Gasteiger partial charge in [0.25, 0.3) is 0 Å². The maximum atomic E-state index is 11.8. The van der Waals surface area contributed by atoms with Crippen LogP contribution in [0, 0.1) is 0 Å². The Morgan fingerprint density at radius 2 is 2.15 bits per heavy atom. The third-order valence-electron chi connectivity index (χ3n) is 3.02. The zero-order valence-electron chi connectivity index (χ0n) is 11.6. The van der Waals surface area contributed by atoms with Crippen LogP contribution in [-0.4, -0.2) is 21.7 Å². The normalized spacial score (nSPS) is 12.1. The van der Waals surface area contributed by atoms with Crippen molar-refractivity contribution in [1.82, 2.24) is 9.78 Å². The lowest BCUT2D eigenvalue weighted by Crippen LogP contribution is -2.35. The average Bonchev–Trinajstić information content (AvgIpc) is 2.87. The van der Waals surface area contributed by atoms with Crippen molar-refractivity contribution in [2.75, 3.05) is 5.32 Å². The standard InChI is InChI=1S/C15H20N4O/c1-2-6-14(16)15(20)18-13-9-17-19(11-13)10-12-7-4-3-5-8-12/h3-5,7-9,11,14H,2,6,10,16H2,1H3,(H,18,20)/t14-/m0/s1. The van der Waals surface area contributed by atoms with E-state index in [2.05, 4.69) is 10.4 Å². The Balaban J connectivity index is 1.94. The van der Waals surface area contributed by atoms with Crippen LogP contribution in [0.15, 0.2) is 42.7 Å². The quantitative estimate of drug-likeness (QED) is 0.844. The summed E-state index contributed by atoms with van der Waals surface area (Å²) in [6, 6.07) is 9.58. The molecule has 0 bridgehead atoms. The molecule has 0 radical (unpaired) electrons. The SMILES string of the molecule is CCC[C@H](N)C(=O)Nc1cnn(Cc2ccccc2)c1. The second kappa shape index (κ2) is 6.86. The van der Waals surface area contributed by atoms with Crippen molar-refractivity contribution in [2.45, 2.75) is 32.4 Å². The van der Waals surface area contributed by atoms with Gasteiger partial charge >= 0.3 is 0 Å². The fraction of sp³-hybridized carbons (Fsp3) is 0.333. The summed E-state index contributed by atoms with van der Waals surface area (Å²) >= 11 is 0. The first-order valence-corrected chi connectivity index (χ1v) is 6.82. The van der Waals surface area contributed by atoms with Gasteiger partial charge in [0, 0.05) is 6.20 Å². The minimum atomic E-state index is -0.461. The lowest BCUT2D eigenvalue weighted by molar-refractivity contribution is -0.117. The number of anilines is 1. The Labute approximate surface area is 118 Å². The molecule has 1 aromatic heterocycles. The molecule has 106 valence electrons. The minimum absolute atomic E-state index is 0.161. The first-order valence-electron chi connectivity index (χ1n) is 6.82. The number of nitrogens with two attached hydrogens (primary N) is 1. The molecule has 0 fully saturated rings. The largest absolute Gasteiger partial charge is 0.322 e. The van der Waals surface area contributed by atoms with E-state index in [-0.39, 0.29) is 5.91 Å². The van der Waals surface area contributed by atoms with Gasteiger partial charge in [-0.15, -0.1) is 0 Å². The van der Waals surface area contributed by atoms with Crippen LogP contribution in [0.1, 0.15) is 25.3 Å². The molecular formula is C15H20N4O. The third kappa shape index (κ3) is 3.93.